The number of carbonyl (C=O) groups excluding carboxylic acids is 1. The minimum Gasteiger partial charge on any atom is -0.493 e. The highest BCUT2D eigenvalue weighted by Gasteiger charge is 2.13. The predicted octanol–water partition coefficient (Wildman–Crippen LogP) is 5.00. The maximum atomic E-state index is 12.4. The van der Waals surface area contributed by atoms with Crippen LogP contribution in [0.5, 0.6) is 17.2 Å². The van der Waals surface area contributed by atoms with Gasteiger partial charge in [-0.05, 0) is 56.2 Å². The fourth-order valence-corrected chi connectivity index (χ4v) is 3.20. The van der Waals surface area contributed by atoms with Gasteiger partial charge in [-0.2, -0.15) is 5.26 Å². The summed E-state index contributed by atoms with van der Waals surface area (Å²) in [6.07, 6.45) is 2.16. The summed E-state index contributed by atoms with van der Waals surface area (Å²) in [5, 5.41) is 15.6. The van der Waals surface area contributed by atoms with Crippen LogP contribution in [0.4, 0.5) is 5.82 Å². The van der Waals surface area contributed by atoms with E-state index < -0.39 is 5.91 Å². The third-order valence-corrected chi connectivity index (χ3v) is 4.87. The Kier molecular flexibility index (Phi) is 8.30. The number of rotatable bonds is 10. The Morgan fingerprint density at radius 3 is 2.44 bits per heavy atom. The molecule has 0 atom stereocenters. The molecule has 0 fully saturated rings. The molecule has 3 rings (SSSR count). The van der Waals surface area contributed by atoms with E-state index in [1.165, 1.54) is 18.7 Å². The molecular formula is C26H27N3O5. The van der Waals surface area contributed by atoms with Crippen LogP contribution in [-0.2, 0) is 4.79 Å². The SMILES string of the molecule is COc1cc(C=C(C#N)C(=O)Nc2cc(C)on2)ccc1OCCCOc1ccc(C)cc1C. The van der Waals surface area contributed by atoms with Gasteiger partial charge in [0.2, 0.25) is 0 Å². The van der Waals surface area contributed by atoms with Gasteiger partial charge in [0.1, 0.15) is 23.2 Å². The molecule has 0 aliphatic heterocycles. The first-order valence-electron chi connectivity index (χ1n) is 10.8. The Balaban J connectivity index is 1.57. The number of aryl methyl sites for hydroxylation is 3. The van der Waals surface area contributed by atoms with Gasteiger partial charge >= 0.3 is 0 Å². The van der Waals surface area contributed by atoms with Crippen LogP contribution in [0.15, 0.2) is 52.6 Å². The molecular weight excluding hydrogens is 434 g/mol. The van der Waals surface area contributed by atoms with Gasteiger partial charge in [0, 0.05) is 12.5 Å². The van der Waals surface area contributed by atoms with Crippen molar-refractivity contribution in [1.29, 1.82) is 5.26 Å². The molecule has 0 saturated heterocycles. The number of amides is 1. The summed E-state index contributed by atoms with van der Waals surface area (Å²) >= 11 is 0. The van der Waals surface area contributed by atoms with Crippen LogP contribution in [0.3, 0.4) is 0 Å². The second-order valence-corrected chi connectivity index (χ2v) is 7.68. The van der Waals surface area contributed by atoms with Gasteiger partial charge in [0.25, 0.3) is 5.91 Å². The molecule has 0 radical (unpaired) electrons. The maximum absolute atomic E-state index is 12.4. The topological polar surface area (TPSA) is 107 Å². The van der Waals surface area contributed by atoms with Crippen LogP contribution in [0.25, 0.3) is 6.08 Å². The Hall–Kier alpha value is -4.25. The van der Waals surface area contributed by atoms with Crippen molar-refractivity contribution in [3.63, 3.8) is 0 Å². The van der Waals surface area contributed by atoms with Gasteiger partial charge in [-0.25, -0.2) is 0 Å². The summed E-state index contributed by atoms with van der Waals surface area (Å²) in [6.45, 7) is 6.75. The average Bonchev–Trinajstić information content (AvgIpc) is 3.23. The molecule has 3 aromatic rings. The maximum Gasteiger partial charge on any atom is 0.267 e. The molecule has 1 amide bonds. The fourth-order valence-electron chi connectivity index (χ4n) is 3.20. The zero-order valence-electron chi connectivity index (χ0n) is 19.7. The number of aromatic nitrogens is 1. The van der Waals surface area contributed by atoms with E-state index >= 15 is 0 Å². The van der Waals surface area contributed by atoms with Crippen molar-refractivity contribution >= 4 is 17.8 Å². The quantitative estimate of drug-likeness (QED) is 0.257. The number of hydrogen-bond acceptors (Lipinski definition) is 7. The summed E-state index contributed by atoms with van der Waals surface area (Å²) < 4.78 is 22.0. The normalized spacial score (nSPS) is 11.0. The van der Waals surface area contributed by atoms with Crippen LogP contribution < -0.4 is 19.5 Å². The molecule has 8 heteroatoms. The van der Waals surface area contributed by atoms with Gasteiger partial charge in [0.05, 0.1) is 20.3 Å². The van der Waals surface area contributed by atoms with Gasteiger partial charge in [-0.15, -0.1) is 0 Å². The fraction of sp³-hybridized carbons (Fsp3) is 0.269. The molecule has 0 bridgehead atoms. The number of benzene rings is 2. The van der Waals surface area contributed by atoms with Gasteiger partial charge in [-0.1, -0.05) is 28.9 Å². The van der Waals surface area contributed by atoms with Crippen molar-refractivity contribution in [2.45, 2.75) is 27.2 Å². The molecule has 1 aromatic heterocycles. The van der Waals surface area contributed by atoms with Gasteiger partial charge < -0.3 is 24.1 Å². The van der Waals surface area contributed by atoms with E-state index in [0.29, 0.717) is 42.5 Å². The van der Waals surface area contributed by atoms with E-state index in [4.69, 9.17) is 18.7 Å². The van der Waals surface area contributed by atoms with Crippen LogP contribution >= 0.6 is 0 Å². The number of nitrogens with one attached hydrogen (secondary N) is 1. The van der Waals surface area contributed by atoms with E-state index in [-0.39, 0.29) is 11.4 Å². The second kappa shape index (κ2) is 11.6. The summed E-state index contributed by atoms with van der Waals surface area (Å²) in [7, 11) is 1.53. The lowest BCUT2D eigenvalue weighted by Gasteiger charge is -2.13. The number of hydrogen-bond donors (Lipinski definition) is 1. The summed E-state index contributed by atoms with van der Waals surface area (Å²) in [5.74, 6) is 2.14. The van der Waals surface area contributed by atoms with Crippen LogP contribution in [0.1, 0.15) is 28.9 Å². The van der Waals surface area contributed by atoms with E-state index in [1.807, 2.05) is 25.1 Å². The van der Waals surface area contributed by atoms with Crippen LogP contribution in [0, 0.1) is 32.1 Å². The van der Waals surface area contributed by atoms with E-state index in [2.05, 4.69) is 23.5 Å². The molecule has 0 spiro atoms. The van der Waals surface area contributed by atoms with Gasteiger partial charge in [0.15, 0.2) is 17.3 Å². The molecule has 1 heterocycles. The summed E-state index contributed by atoms with van der Waals surface area (Å²) in [6, 6.07) is 14.7. The molecule has 0 saturated carbocycles. The van der Waals surface area contributed by atoms with Crippen LogP contribution in [0.2, 0.25) is 0 Å². The van der Waals surface area contributed by atoms with E-state index in [1.54, 1.807) is 31.2 Å². The highest BCUT2D eigenvalue weighted by atomic mass is 16.5. The van der Waals surface area contributed by atoms with Crippen LogP contribution in [-0.4, -0.2) is 31.4 Å². The Labute approximate surface area is 198 Å². The second-order valence-electron chi connectivity index (χ2n) is 7.68. The molecule has 1 N–H and O–H groups in total. The number of anilines is 1. The highest BCUT2D eigenvalue weighted by molar-refractivity contribution is 6.09. The first-order chi connectivity index (χ1) is 16.4. The van der Waals surface area contributed by atoms with Gasteiger partial charge in [-0.3, -0.25) is 4.79 Å². The van der Waals surface area contributed by atoms with Crippen molar-refractivity contribution in [3.8, 4) is 23.3 Å². The molecule has 8 nitrogen and oxygen atoms in total. The Morgan fingerprint density at radius 2 is 1.79 bits per heavy atom. The third kappa shape index (κ3) is 6.62. The molecule has 0 unspecified atom stereocenters. The number of nitrogens with zero attached hydrogens (tertiary/aromatic N) is 2. The smallest absolute Gasteiger partial charge is 0.267 e. The lowest BCUT2D eigenvalue weighted by molar-refractivity contribution is -0.112. The molecule has 0 aliphatic rings. The Morgan fingerprint density at radius 1 is 1.06 bits per heavy atom. The lowest BCUT2D eigenvalue weighted by atomic mass is 10.1. The number of nitriles is 1. The van der Waals surface area contributed by atoms with Crippen molar-refractivity contribution in [3.05, 3.63) is 70.5 Å². The Bertz CT molecular complexity index is 1220. The van der Waals surface area contributed by atoms with Crippen molar-refractivity contribution < 1.29 is 23.5 Å². The van der Waals surface area contributed by atoms with Crippen molar-refractivity contribution in [2.24, 2.45) is 0 Å². The van der Waals surface area contributed by atoms with Crippen molar-refractivity contribution in [2.75, 3.05) is 25.6 Å². The number of carbonyl (C=O) groups is 1. The third-order valence-electron chi connectivity index (χ3n) is 4.87. The number of ether oxygens (including phenoxy) is 3. The monoisotopic (exact) mass is 461 g/mol. The largest absolute Gasteiger partial charge is 0.493 e. The first-order valence-corrected chi connectivity index (χ1v) is 10.8. The molecule has 0 aliphatic carbocycles. The van der Waals surface area contributed by atoms with Crippen molar-refractivity contribution in [1.82, 2.24) is 5.16 Å². The average molecular weight is 462 g/mol. The minimum atomic E-state index is -0.584. The summed E-state index contributed by atoms with van der Waals surface area (Å²) in [5.41, 5.74) is 2.84. The lowest BCUT2D eigenvalue weighted by Crippen LogP contribution is -2.13. The standard InChI is InChI=1S/C26H27N3O5/c1-17-6-8-22(18(2)12-17)32-10-5-11-33-23-9-7-20(15-24(23)31-4)14-21(16-27)26(30)28-25-13-19(3)34-29-25/h6-9,12-15H,5,10-11H2,1-4H3,(H,28,29,30). The zero-order valence-corrected chi connectivity index (χ0v) is 19.7. The van der Waals surface area contributed by atoms with E-state index in [9.17, 15) is 10.1 Å². The number of methoxy groups -OCH3 is 1. The first kappa shape index (κ1) is 24.4. The molecule has 34 heavy (non-hydrogen) atoms. The minimum absolute atomic E-state index is 0.0834. The molecule has 2 aromatic carbocycles. The summed E-state index contributed by atoms with van der Waals surface area (Å²) in [4.78, 5) is 12.4. The molecule has 176 valence electrons. The highest BCUT2D eigenvalue weighted by Crippen LogP contribution is 2.29. The predicted molar refractivity (Wildman–Crippen MR) is 128 cm³/mol. The van der Waals surface area contributed by atoms with E-state index in [0.717, 1.165) is 11.3 Å². The zero-order chi connectivity index (χ0) is 24.5.